The summed E-state index contributed by atoms with van der Waals surface area (Å²) >= 11 is 1.27. The number of thioether (sulfide) groups is 1. The SMILES string of the molecule is CCSc1ccc(C(F)(F)F)cc1-c1ccc(OCC(F)(F)C(F)(F)F)cn1. The van der Waals surface area contributed by atoms with Crippen molar-refractivity contribution in [2.45, 2.75) is 30.1 Å². The molecule has 0 N–H and O–H groups in total. The Balaban J connectivity index is 2.27. The predicted molar refractivity (Wildman–Crippen MR) is 87.6 cm³/mol. The van der Waals surface area contributed by atoms with Crippen LogP contribution in [0, 0.1) is 0 Å². The molecule has 2 aromatic rings. The largest absolute Gasteiger partial charge is 0.485 e. The molecule has 1 aromatic heterocycles. The molecule has 0 spiro atoms. The van der Waals surface area contributed by atoms with Crippen LogP contribution in [0.1, 0.15) is 12.5 Å². The molecule has 0 unspecified atom stereocenters. The number of benzene rings is 1. The fourth-order valence-corrected chi connectivity index (χ4v) is 2.86. The lowest BCUT2D eigenvalue weighted by molar-refractivity contribution is -0.290. The second-order valence-corrected chi connectivity index (χ2v) is 6.82. The Bertz CT molecular complexity index is 802. The van der Waals surface area contributed by atoms with Crippen molar-refractivity contribution in [1.82, 2.24) is 4.98 Å². The zero-order chi connectivity index (χ0) is 21.2. The van der Waals surface area contributed by atoms with E-state index < -0.39 is 30.4 Å². The van der Waals surface area contributed by atoms with E-state index in [9.17, 15) is 35.1 Å². The molecule has 0 bridgehead atoms. The van der Waals surface area contributed by atoms with E-state index >= 15 is 0 Å². The molecule has 0 aliphatic carbocycles. The smallest absolute Gasteiger partial charge is 0.456 e. The van der Waals surface area contributed by atoms with Gasteiger partial charge in [0.15, 0.2) is 6.61 Å². The van der Waals surface area contributed by atoms with Crippen LogP contribution >= 0.6 is 11.8 Å². The van der Waals surface area contributed by atoms with Crippen LogP contribution in [-0.4, -0.2) is 29.4 Å². The zero-order valence-corrected chi connectivity index (χ0v) is 15.0. The summed E-state index contributed by atoms with van der Waals surface area (Å²) in [5.74, 6) is -4.84. The predicted octanol–water partition coefficient (Wildman–Crippen LogP) is 6.46. The maximum atomic E-state index is 13.0. The maximum absolute atomic E-state index is 13.0. The standard InChI is InChI=1S/C17H13F8NOS/c1-2-28-14-6-3-10(16(20,21)22)7-12(14)13-5-4-11(8-26-13)27-9-15(18,19)17(23,24)25/h3-8H,2,9H2,1H3. The van der Waals surface area contributed by atoms with E-state index in [2.05, 4.69) is 9.72 Å². The molecule has 1 aromatic carbocycles. The lowest BCUT2D eigenvalue weighted by Crippen LogP contribution is -2.41. The van der Waals surface area contributed by atoms with Crippen molar-refractivity contribution in [3.05, 3.63) is 42.1 Å². The van der Waals surface area contributed by atoms with Crippen LogP contribution in [0.2, 0.25) is 0 Å². The first-order valence-corrected chi connectivity index (χ1v) is 8.71. The number of hydrogen-bond donors (Lipinski definition) is 0. The number of rotatable bonds is 6. The van der Waals surface area contributed by atoms with Gasteiger partial charge in [0, 0.05) is 10.5 Å². The minimum Gasteiger partial charge on any atom is -0.485 e. The highest BCUT2D eigenvalue weighted by Crippen LogP contribution is 2.38. The molecule has 1 heterocycles. The molecule has 0 saturated heterocycles. The van der Waals surface area contributed by atoms with Crippen molar-refractivity contribution < 1.29 is 39.9 Å². The van der Waals surface area contributed by atoms with Crippen molar-refractivity contribution in [3.63, 3.8) is 0 Å². The van der Waals surface area contributed by atoms with Crippen LogP contribution in [0.25, 0.3) is 11.3 Å². The maximum Gasteiger partial charge on any atom is 0.456 e. The van der Waals surface area contributed by atoms with Gasteiger partial charge in [-0.2, -0.15) is 35.1 Å². The molecule has 2 nitrogen and oxygen atoms in total. The molecular formula is C17H13F8NOS. The summed E-state index contributed by atoms with van der Waals surface area (Å²) in [5.41, 5.74) is -0.638. The molecule has 0 radical (unpaired) electrons. The van der Waals surface area contributed by atoms with Gasteiger partial charge in [-0.15, -0.1) is 11.8 Å². The second kappa shape index (κ2) is 8.14. The number of alkyl halides is 8. The Morgan fingerprint density at radius 3 is 2.14 bits per heavy atom. The molecule has 0 saturated carbocycles. The molecule has 154 valence electrons. The molecule has 0 aliphatic rings. The first kappa shape index (κ1) is 22.3. The lowest BCUT2D eigenvalue weighted by Gasteiger charge is -2.19. The van der Waals surface area contributed by atoms with E-state index in [1.807, 2.05) is 0 Å². The monoisotopic (exact) mass is 431 g/mol. The number of halogens is 8. The molecule has 28 heavy (non-hydrogen) atoms. The summed E-state index contributed by atoms with van der Waals surface area (Å²) in [7, 11) is 0. The van der Waals surface area contributed by atoms with Crippen molar-refractivity contribution in [2.75, 3.05) is 12.4 Å². The number of ether oxygens (including phenoxy) is 1. The molecule has 0 atom stereocenters. The van der Waals surface area contributed by atoms with Crippen LogP contribution in [0.5, 0.6) is 5.75 Å². The first-order chi connectivity index (χ1) is 12.8. The minimum atomic E-state index is -5.76. The topological polar surface area (TPSA) is 22.1 Å². The Morgan fingerprint density at radius 1 is 0.964 bits per heavy atom. The Kier molecular flexibility index (Phi) is 6.47. The van der Waals surface area contributed by atoms with Crippen molar-refractivity contribution >= 4 is 11.8 Å². The third kappa shape index (κ3) is 5.27. The highest BCUT2D eigenvalue weighted by Gasteiger charge is 2.58. The van der Waals surface area contributed by atoms with Crippen molar-refractivity contribution in [2.24, 2.45) is 0 Å². The summed E-state index contributed by atoms with van der Waals surface area (Å²) in [6.07, 6.45) is -9.45. The van der Waals surface area contributed by atoms with Gasteiger partial charge in [-0.25, -0.2) is 0 Å². The third-order valence-electron chi connectivity index (χ3n) is 3.45. The average molecular weight is 431 g/mol. The van der Waals surface area contributed by atoms with Gasteiger partial charge in [0.2, 0.25) is 0 Å². The van der Waals surface area contributed by atoms with Gasteiger partial charge in [0.25, 0.3) is 0 Å². The summed E-state index contributed by atoms with van der Waals surface area (Å²) in [5, 5.41) is 0. The Hall–Kier alpha value is -2.04. The molecular weight excluding hydrogens is 418 g/mol. The van der Waals surface area contributed by atoms with E-state index in [4.69, 9.17) is 0 Å². The summed E-state index contributed by atoms with van der Waals surface area (Å²) < 4.78 is 105. The van der Waals surface area contributed by atoms with Gasteiger partial charge >= 0.3 is 18.3 Å². The number of hydrogen-bond acceptors (Lipinski definition) is 3. The lowest BCUT2D eigenvalue weighted by atomic mass is 10.1. The summed E-state index contributed by atoms with van der Waals surface area (Å²) in [6, 6.07) is 5.38. The fraction of sp³-hybridized carbons (Fsp3) is 0.353. The van der Waals surface area contributed by atoms with Gasteiger partial charge in [0.1, 0.15) is 5.75 Å². The number of aromatic nitrogens is 1. The number of pyridine rings is 1. The second-order valence-electron chi connectivity index (χ2n) is 5.51. The van der Waals surface area contributed by atoms with E-state index in [-0.39, 0.29) is 17.0 Å². The minimum absolute atomic E-state index is 0.0944. The van der Waals surface area contributed by atoms with Gasteiger partial charge in [-0.1, -0.05) is 6.92 Å². The van der Waals surface area contributed by atoms with Crippen LogP contribution in [0.3, 0.4) is 0 Å². The first-order valence-electron chi connectivity index (χ1n) is 7.73. The number of nitrogens with zero attached hydrogens (tertiary/aromatic N) is 1. The molecule has 0 amide bonds. The quantitative estimate of drug-likeness (QED) is 0.387. The van der Waals surface area contributed by atoms with E-state index in [1.165, 1.54) is 23.9 Å². The highest BCUT2D eigenvalue weighted by atomic mass is 32.2. The van der Waals surface area contributed by atoms with Crippen molar-refractivity contribution in [3.8, 4) is 17.0 Å². The van der Waals surface area contributed by atoms with Gasteiger partial charge < -0.3 is 4.74 Å². The Labute approximate surface area is 158 Å². The normalized spacial score (nSPS) is 12.9. The van der Waals surface area contributed by atoms with Crippen LogP contribution < -0.4 is 4.74 Å². The van der Waals surface area contributed by atoms with Crippen molar-refractivity contribution in [1.29, 1.82) is 0 Å². The van der Waals surface area contributed by atoms with E-state index in [0.717, 1.165) is 24.4 Å². The molecule has 0 aliphatic heterocycles. The van der Waals surface area contributed by atoms with Crippen LogP contribution in [-0.2, 0) is 6.18 Å². The third-order valence-corrected chi connectivity index (χ3v) is 4.41. The summed E-state index contributed by atoms with van der Waals surface area (Å²) in [4.78, 5) is 4.36. The molecule has 2 rings (SSSR count). The van der Waals surface area contributed by atoms with Gasteiger partial charge in [-0.3, -0.25) is 4.98 Å². The Morgan fingerprint density at radius 2 is 1.64 bits per heavy atom. The summed E-state index contributed by atoms with van der Waals surface area (Å²) in [6.45, 7) is -0.130. The molecule has 11 heteroatoms. The zero-order valence-electron chi connectivity index (χ0n) is 14.2. The molecule has 0 fully saturated rings. The van der Waals surface area contributed by atoms with Crippen LogP contribution in [0.15, 0.2) is 41.4 Å². The van der Waals surface area contributed by atoms with E-state index in [0.29, 0.717) is 10.6 Å². The highest BCUT2D eigenvalue weighted by molar-refractivity contribution is 7.99. The van der Waals surface area contributed by atoms with Crippen LogP contribution in [0.4, 0.5) is 35.1 Å². The van der Waals surface area contributed by atoms with Gasteiger partial charge in [-0.05, 0) is 36.1 Å². The fourth-order valence-electron chi connectivity index (χ4n) is 2.07. The van der Waals surface area contributed by atoms with Gasteiger partial charge in [0.05, 0.1) is 17.5 Å². The van der Waals surface area contributed by atoms with E-state index in [1.54, 1.807) is 6.92 Å². The average Bonchev–Trinajstić information content (AvgIpc) is 2.59.